The van der Waals surface area contributed by atoms with E-state index in [1.54, 1.807) is 6.07 Å². The zero-order chi connectivity index (χ0) is 21.3. The summed E-state index contributed by atoms with van der Waals surface area (Å²) in [5.74, 6) is 1.15. The molecule has 0 saturated heterocycles. The summed E-state index contributed by atoms with van der Waals surface area (Å²) in [6, 6.07) is 22.5. The maximum atomic E-state index is 12.4. The second-order valence-electron chi connectivity index (χ2n) is 6.38. The van der Waals surface area contributed by atoms with Crippen LogP contribution >= 0.6 is 34.8 Å². The first kappa shape index (κ1) is 22.0. The van der Waals surface area contributed by atoms with E-state index in [1.165, 1.54) is 0 Å². The molecule has 0 aromatic heterocycles. The number of amides is 1. The Kier molecular flexibility index (Phi) is 8.04. The van der Waals surface area contributed by atoms with Gasteiger partial charge in [0.1, 0.15) is 24.7 Å². The molecule has 0 fully saturated rings. The molecule has 1 amide bonds. The van der Waals surface area contributed by atoms with Crippen molar-refractivity contribution >= 4 is 51.5 Å². The number of thiocarbonyl (C=S) groups is 1. The van der Waals surface area contributed by atoms with Crippen LogP contribution in [0.2, 0.25) is 0 Å². The topological polar surface area (TPSA) is 59.6 Å². The summed E-state index contributed by atoms with van der Waals surface area (Å²) < 4.78 is 12.5. The molecule has 0 heterocycles. The van der Waals surface area contributed by atoms with Crippen molar-refractivity contribution in [3.05, 3.63) is 87.5 Å². The fourth-order valence-corrected chi connectivity index (χ4v) is 3.30. The van der Waals surface area contributed by atoms with Gasteiger partial charge in [0.25, 0.3) is 5.91 Å². The van der Waals surface area contributed by atoms with Crippen LogP contribution in [0.5, 0.6) is 11.5 Å². The predicted octanol–water partition coefficient (Wildman–Crippen LogP) is 5.18. The van der Waals surface area contributed by atoms with Gasteiger partial charge >= 0.3 is 0 Å². The second-order valence-corrected chi connectivity index (χ2v) is 7.95. The Hall–Kier alpha value is -2.65. The molecule has 3 aromatic rings. The summed E-state index contributed by atoms with van der Waals surface area (Å²) in [7, 11) is 0. The van der Waals surface area contributed by atoms with Gasteiger partial charge in [-0.15, -0.1) is 0 Å². The molecule has 3 rings (SSSR count). The predicted molar refractivity (Wildman–Crippen MR) is 131 cm³/mol. The molecule has 0 radical (unpaired) electrons. The smallest absolute Gasteiger partial charge is 0.257 e. The first-order chi connectivity index (χ1) is 14.5. The van der Waals surface area contributed by atoms with Gasteiger partial charge in [0.15, 0.2) is 5.11 Å². The Balaban J connectivity index is 1.53. The molecule has 0 aliphatic rings. The van der Waals surface area contributed by atoms with Crippen LogP contribution in [-0.4, -0.2) is 24.2 Å². The fourth-order valence-electron chi connectivity index (χ4n) is 2.59. The minimum absolute atomic E-state index is 0.201. The number of rotatable bonds is 7. The highest BCUT2D eigenvalue weighted by molar-refractivity contribution is 14.1. The summed E-state index contributed by atoms with van der Waals surface area (Å²) in [6.07, 6.45) is 0. The normalized spacial score (nSPS) is 10.2. The highest BCUT2D eigenvalue weighted by Gasteiger charge is 2.11. The van der Waals surface area contributed by atoms with Crippen molar-refractivity contribution < 1.29 is 14.3 Å². The largest absolute Gasteiger partial charge is 0.490 e. The lowest BCUT2D eigenvalue weighted by atomic mass is 10.1. The lowest BCUT2D eigenvalue weighted by Crippen LogP contribution is -2.34. The Morgan fingerprint density at radius 2 is 1.67 bits per heavy atom. The third-order valence-corrected chi connectivity index (χ3v) is 5.52. The van der Waals surface area contributed by atoms with Crippen molar-refractivity contribution in [1.29, 1.82) is 0 Å². The van der Waals surface area contributed by atoms with E-state index < -0.39 is 0 Å². The number of para-hydroxylation sites is 3. The first-order valence-electron chi connectivity index (χ1n) is 9.31. The van der Waals surface area contributed by atoms with Gasteiger partial charge in [0.05, 0.1) is 5.69 Å². The zero-order valence-electron chi connectivity index (χ0n) is 16.4. The molecular formula is C23H21IN2O3S. The van der Waals surface area contributed by atoms with E-state index in [9.17, 15) is 4.79 Å². The molecule has 2 N–H and O–H groups in total. The highest BCUT2D eigenvalue weighted by Crippen LogP contribution is 2.23. The van der Waals surface area contributed by atoms with E-state index in [4.69, 9.17) is 21.7 Å². The molecular weight excluding hydrogens is 511 g/mol. The molecule has 5 nitrogen and oxygen atoms in total. The molecule has 0 aliphatic heterocycles. The van der Waals surface area contributed by atoms with E-state index in [0.717, 1.165) is 14.9 Å². The van der Waals surface area contributed by atoms with Crippen LogP contribution < -0.4 is 20.1 Å². The Bertz CT molecular complexity index is 1030. The summed E-state index contributed by atoms with van der Waals surface area (Å²) >= 11 is 7.51. The number of aryl methyl sites for hydroxylation is 1. The van der Waals surface area contributed by atoms with Crippen LogP contribution in [0.3, 0.4) is 0 Å². The van der Waals surface area contributed by atoms with Gasteiger partial charge in [-0.3, -0.25) is 10.1 Å². The number of carbonyl (C=O) groups excluding carboxylic acids is 1. The number of ether oxygens (including phenoxy) is 2. The van der Waals surface area contributed by atoms with Crippen molar-refractivity contribution in [3.8, 4) is 11.5 Å². The SMILES string of the molecule is Cc1ccc(C(=O)NC(=S)Nc2ccccc2OCCOc2ccccc2)cc1I. The molecule has 3 aromatic carbocycles. The Labute approximate surface area is 194 Å². The average Bonchev–Trinajstić information content (AvgIpc) is 2.75. The van der Waals surface area contributed by atoms with Gasteiger partial charge < -0.3 is 14.8 Å². The Morgan fingerprint density at radius 3 is 2.43 bits per heavy atom. The number of hydrogen-bond donors (Lipinski definition) is 2. The van der Waals surface area contributed by atoms with Gasteiger partial charge in [-0.25, -0.2) is 0 Å². The van der Waals surface area contributed by atoms with Crippen LogP contribution in [0.15, 0.2) is 72.8 Å². The molecule has 0 aliphatic carbocycles. The van der Waals surface area contributed by atoms with Crippen LogP contribution in [0.1, 0.15) is 15.9 Å². The fraction of sp³-hybridized carbons (Fsp3) is 0.130. The maximum absolute atomic E-state index is 12.4. The van der Waals surface area contributed by atoms with Gasteiger partial charge in [-0.2, -0.15) is 0 Å². The van der Waals surface area contributed by atoms with Gasteiger partial charge in [-0.05, 0) is 83.7 Å². The van der Waals surface area contributed by atoms with Gasteiger partial charge in [-0.1, -0.05) is 36.4 Å². The quantitative estimate of drug-likeness (QED) is 0.250. The molecule has 0 unspecified atom stereocenters. The van der Waals surface area contributed by atoms with Crippen molar-refractivity contribution in [3.63, 3.8) is 0 Å². The van der Waals surface area contributed by atoms with Crippen LogP contribution in [-0.2, 0) is 0 Å². The summed E-state index contributed by atoms with van der Waals surface area (Å²) in [5.41, 5.74) is 2.34. The van der Waals surface area contributed by atoms with Crippen molar-refractivity contribution in [1.82, 2.24) is 5.32 Å². The van der Waals surface area contributed by atoms with E-state index in [0.29, 0.717) is 30.2 Å². The number of anilines is 1. The third kappa shape index (κ3) is 6.43. The van der Waals surface area contributed by atoms with Crippen LogP contribution in [0.4, 0.5) is 5.69 Å². The molecule has 0 bridgehead atoms. The molecule has 30 heavy (non-hydrogen) atoms. The number of nitrogens with one attached hydrogen (secondary N) is 2. The number of hydrogen-bond acceptors (Lipinski definition) is 4. The second kappa shape index (κ2) is 10.9. The third-order valence-electron chi connectivity index (χ3n) is 4.15. The monoisotopic (exact) mass is 532 g/mol. The van der Waals surface area contributed by atoms with Crippen molar-refractivity contribution in [2.75, 3.05) is 18.5 Å². The summed E-state index contributed by atoms with van der Waals surface area (Å²) in [5, 5.41) is 5.93. The number of carbonyl (C=O) groups is 1. The standard InChI is InChI=1S/C23H21IN2O3S/c1-16-11-12-17(15-19(16)24)22(27)26-23(30)25-20-9-5-6-10-21(20)29-14-13-28-18-7-3-2-4-8-18/h2-12,15H,13-14H2,1H3,(H2,25,26,27,30). The first-order valence-corrected chi connectivity index (χ1v) is 10.8. The molecule has 154 valence electrons. The van der Waals surface area contributed by atoms with E-state index in [1.807, 2.05) is 73.7 Å². The van der Waals surface area contributed by atoms with Crippen molar-refractivity contribution in [2.45, 2.75) is 6.92 Å². The van der Waals surface area contributed by atoms with Crippen molar-refractivity contribution in [2.24, 2.45) is 0 Å². The minimum atomic E-state index is -0.264. The van der Waals surface area contributed by atoms with Gasteiger partial charge in [0.2, 0.25) is 0 Å². The van der Waals surface area contributed by atoms with E-state index in [2.05, 4.69) is 33.2 Å². The molecule has 7 heteroatoms. The zero-order valence-corrected chi connectivity index (χ0v) is 19.3. The minimum Gasteiger partial charge on any atom is -0.490 e. The van der Waals surface area contributed by atoms with Gasteiger partial charge in [0, 0.05) is 9.13 Å². The molecule has 0 spiro atoms. The molecule has 0 saturated carbocycles. The highest BCUT2D eigenvalue weighted by atomic mass is 127. The summed E-state index contributed by atoms with van der Waals surface area (Å²) in [4.78, 5) is 12.4. The maximum Gasteiger partial charge on any atom is 0.257 e. The number of halogens is 1. The Morgan fingerprint density at radius 1 is 0.967 bits per heavy atom. The summed E-state index contributed by atoms with van der Waals surface area (Å²) in [6.45, 7) is 2.78. The van der Waals surface area contributed by atoms with E-state index >= 15 is 0 Å². The lowest BCUT2D eigenvalue weighted by molar-refractivity contribution is 0.0977. The number of benzene rings is 3. The van der Waals surface area contributed by atoms with Crippen LogP contribution in [0.25, 0.3) is 0 Å². The van der Waals surface area contributed by atoms with E-state index in [-0.39, 0.29) is 11.0 Å². The average molecular weight is 532 g/mol. The molecule has 0 atom stereocenters. The van der Waals surface area contributed by atoms with Crippen LogP contribution in [0, 0.1) is 10.5 Å². The lowest BCUT2D eigenvalue weighted by Gasteiger charge is -2.15.